The molecule has 1 saturated heterocycles. The number of aliphatic hydroxyl groups excluding tert-OH is 5. The van der Waals surface area contributed by atoms with E-state index in [1.165, 1.54) is 148 Å². The standard InChI is InChI=1S/C71H125NO10/c1-4-7-10-13-16-19-22-25-27-28-29-30-31-32-33-34-35-36-37-38-40-43-46-49-52-55-58-64(75)70(79)72-62(63(74)57-54-51-48-45-42-39-24-21-18-15-12-9-6-3)61-80-71-69(68(78)67(77)65(60-73)81-71)82-66(76)59-56-53-50-47-44-41-26-23-20-17-14-11-8-5-2/h8,11,16-17,19-20,25-27,29-30,41,54,57,62-65,67-69,71,73-75,77-78H,4-7,9-10,12-15,18,21-24,28,31-40,42-53,55-56,58-61H2,1-3H3,(H,72,79)/b11-8+,19-16-,20-17+,27-25-,30-29-,41-26+,57-54+. The van der Waals surface area contributed by atoms with Crippen molar-refractivity contribution in [1.82, 2.24) is 5.32 Å². The second-order valence-electron chi connectivity index (χ2n) is 23.2. The van der Waals surface area contributed by atoms with Crippen LogP contribution in [0, 0.1) is 0 Å². The third kappa shape index (κ3) is 45.2. The summed E-state index contributed by atoms with van der Waals surface area (Å²) < 4.78 is 17.6. The van der Waals surface area contributed by atoms with E-state index in [2.05, 4.69) is 99.0 Å². The second kappa shape index (κ2) is 58.2. The highest BCUT2D eigenvalue weighted by Gasteiger charge is 2.47. The van der Waals surface area contributed by atoms with E-state index in [1.54, 1.807) is 6.08 Å². The largest absolute Gasteiger partial charge is 0.454 e. The number of carbonyl (C=O) groups excluding carboxylic acids is 2. The van der Waals surface area contributed by atoms with Crippen LogP contribution in [0.1, 0.15) is 290 Å². The average molecular weight is 1150 g/mol. The van der Waals surface area contributed by atoms with Gasteiger partial charge in [-0.3, -0.25) is 9.59 Å². The van der Waals surface area contributed by atoms with Gasteiger partial charge in [0, 0.05) is 6.42 Å². The SMILES string of the molecule is CC/C=C/C/C=C/C/C=C/CCCCCCC(=O)OC1C(OCC(NC(=O)C(O)CCCCCCCCCCCCCCC/C=C\C/C=C\C/C=C\CCCCC)C(O)/C=C/CCCCCCCCCCCCC)OC(CO)C(O)C1O. The molecule has 474 valence electrons. The van der Waals surface area contributed by atoms with E-state index in [0.29, 0.717) is 12.8 Å². The van der Waals surface area contributed by atoms with Gasteiger partial charge in [-0.05, 0) is 96.3 Å². The van der Waals surface area contributed by atoms with Gasteiger partial charge in [0.2, 0.25) is 5.91 Å². The van der Waals surface area contributed by atoms with Crippen molar-refractivity contribution in [3.05, 3.63) is 85.1 Å². The zero-order valence-corrected chi connectivity index (χ0v) is 52.6. The normalized spacial score (nSPS) is 19.1. The first kappa shape index (κ1) is 76.9. The molecule has 8 atom stereocenters. The molecule has 0 aliphatic carbocycles. The highest BCUT2D eigenvalue weighted by atomic mass is 16.7. The Morgan fingerprint density at radius 1 is 0.488 bits per heavy atom. The lowest BCUT2D eigenvalue weighted by Gasteiger charge is -2.41. The van der Waals surface area contributed by atoms with Crippen molar-refractivity contribution in [1.29, 1.82) is 0 Å². The van der Waals surface area contributed by atoms with E-state index in [0.717, 1.165) is 96.3 Å². The number of hydrogen-bond donors (Lipinski definition) is 6. The maximum absolute atomic E-state index is 13.5. The van der Waals surface area contributed by atoms with Crippen molar-refractivity contribution in [2.45, 2.75) is 339 Å². The van der Waals surface area contributed by atoms with Gasteiger partial charge in [-0.1, -0.05) is 273 Å². The van der Waals surface area contributed by atoms with Crippen LogP contribution in [-0.2, 0) is 23.8 Å². The second-order valence-corrected chi connectivity index (χ2v) is 23.2. The molecule has 0 aromatic carbocycles. The highest BCUT2D eigenvalue weighted by molar-refractivity contribution is 5.80. The number of aliphatic hydroxyl groups is 5. The lowest BCUT2D eigenvalue weighted by Crippen LogP contribution is -2.61. The Bertz CT molecular complexity index is 1660. The molecule has 1 amide bonds. The molecule has 1 aliphatic heterocycles. The molecule has 11 heteroatoms. The van der Waals surface area contributed by atoms with Gasteiger partial charge in [0.25, 0.3) is 0 Å². The summed E-state index contributed by atoms with van der Waals surface area (Å²) in [5, 5.41) is 57.1. The molecule has 0 aromatic heterocycles. The number of carbonyl (C=O) groups is 2. The van der Waals surface area contributed by atoms with Crippen molar-refractivity contribution in [2.24, 2.45) is 0 Å². The van der Waals surface area contributed by atoms with E-state index >= 15 is 0 Å². The van der Waals surface area contributed by atoms with Crippen LogP contribution in [0.4, 0.5) is 0 Å². The summed E-state index contributed by atoms with van der Waals surface area (Å²) in [7, 11) is 0. The van der Waals surface area contributed by atoms with Crippen LogP contribution in [0.25, 0.3) is 0 Å². The molecule has 6 N–H and O–H groups in total. The van der Waals surface area contributed by atoms with Gasteiger partial charge >= 0.3 is 5.97 Å². The van der Waals surface area contributed by atoms with Crippen molar-refractivity contribution < 1.29 is 49.3 Å². The van der Waals surface area contributed by atoms with Crippen molar-refractivity contribution in [3.8, 4) is 0 Å². The maximum atomic E-state index is 13.5. The van der Waals surface area contributed by atoms with E-state index in [9.17, 15) is 35.1 Å². The molecule has 0 aromatic rings. The van der Waals surface area contributed by atoms with Gasteiger partial charge in [0.15, 0.2) is 12.4 Å². The summed E-state index contributed by atoms with van der Waals surface area (Å²) >= 11 is 0. The van der Waals surface area contributed by atoms with E-state index < -0.39 is 67.4 Å². The number of hydrogen-bond acceptors (Lipinski definition) is 10. The van der Waals surface area contributed by atoms with Crippen LogP contribution in [-0.4, -0.2) is 99.6 Å². The average Bonchev–Trinajstić information content (AvgIpc) is 3.45. The smallest absolute Gasteiger partial charge is 0.306 e. The third-order valence-electron chi connectivity index (χ3n) is 15.5. The van der Waals surface area contributed by atoms with Gasteiger partial charge in [-0.25, -0.2) is 0 Å². The first-order valence-electron chi connectivity index (χ1n) is 33.9. The molecule has 1 aliphatic rings. The number of rotatable bonds is 57. The zero-order valence-electron chi connectivity index (χ0n) is 52.6. The number of allylic oxidation sites excluding steroid dienone is 13. The molecule has 0 saturated carbocycles. The highest BCUT2D eigenvalue weighted by Crippen LogP contribution is 2.26. The van der Waals surface area contributed by atoms with Crippen LogP contribution < -0.4 is 5.32 Å². The monoisotopic (exact) mass is 1150 g/mol. The first-order valence-corrected chi connectivity index (χ1v) is 33.9. The van der Waals surface area contributed by atoms with Crippen molar-refractivity contribution >= 4 is 11.9 Å². The van der Waals surface area contributed by atoms with Crippen LogP contribution in [0.15, 0.2) is 85.1 Å². The van der Waals surface area contributed by atoms with Crippen molar-refractivity contribution in [3.63, 3.8) is 0 Å². The Balaban J connectivity index is 2.59. The van der Waals surface area contributed by atoms with Crippen LogP contribution in [0.3, 0.4) is 0 Å². The van der Waals surface area contributed by atoms with E-state index in [4.69, 9.17) is 14.2 Å². The fourth-order valence-corrected chi connectivity index (χ4v) is 10.2. The Kier molecular flexibility index (Phi) is 54.6. The summed E-state index contributed by atoms with van der Waals surface area (Å²) in [6.45, 7) is 5.65. The van der Waals surface area contributed by atoms with Crippen molar-refractivity contribution in [2.75, 3.05) is 13.2 Å². The molecule has 1 rings (SSSR count). The number of unbranched alkanes of at least 4 members (excludes halogenated alkanes) is 31. The number of ether oxygens (including phenoxy) is 3. The fraction of sp³-hybridized carbons (Fsp3) is 0.775. The summed E-state index contributed by atoms with van der Waals surface area (Å²) in [5.41, 5.74) is 0. The van der Waals surface area contributed by atoms with Gasteiger partial charge in [0.05, 0.1) is 25.4 Å². The Morgan fingerprint density at radius 3 is 1.34 bits per heavy atom. The minimum absolute atomic E-state index is 0.0954. The minimum Gasteiger partial charge on any atom is -0.454 e. The number of amides is 1. The minimum atomic E-state index is -1.63. The lowest BCUT2D eigenvalue weighted by atomic mass is 9.99. The molecular formula is C71H125NO10. The fourth-order valence-electron chi connectivity index (χ4n) is 10.2. The Labute approximate surface area is 502 Å². The van der Waals surface area contributed by atoms with Gasteiger partial charge in [0.1, 0.15) is 24.4 Å². The summed E-state index contributed by atoms with van der Waals surface area (Å²) in [4.78, 5) is 26.6. The molecule has 0 bridgehead atoms. The van der Waals surface area contributed by atoms with E-state index in [1.807, 2.05) is 6.08 Å². The summed E-state index contributed by atoms with van der Waals surface area (Å²) in [6.07, 6.45) is 66.3. The predicted molar refractivity (Wildman–Crippen MR) is 342 cm³/mol. The summed E-state index contributed by atoms with van der Waals surface area (Å²) in [6, 6.07) is -1.03. The number of esters is 1. The molecule has 1 heterocycles. The van der Waals surface area contributed by atoms with Crippen LogP contribution in [0.2, 0.25) is 0 Å². The Hall–Kier alpha value is -3.16. The molecule has 82 heavy (non-hydrogen) atoms. The lowest BCUT2D eigenvalue weighted by molar-refractivity contribution is -0.305. The van der Waals surface area contributed by atoms with Crippen LogP contribution in [0.5, 0.6) is 0 Å². The topological polar surface area (TPSA) is 175 Å². The molecule has 8 unspecified atom stereocenters. The molecule has 0 spiro atoms. The summed E-state index contributed by atoms with van der Waals surface area (Å²) in [5.74, 6) is -1.22. The number of nitrogens with one attached hydrogen (secondary N) is 1. The molecule has 1 fully saturated rings. The predicted octanol–water partition coefficient (Wildman–Crippen LogP) is 16.9. The third-order valence-corrected chi connectivity index (χ3v) is 15.5. The van der Waals surface area contributed by atoms with E-state index in [-0.39, 0.29) is 19.4 Å². The molecular weight excluding hydrogens is 1030 g/mol. The zero-order chi connectivity index (χ0) is 59.6. The maximum Gasteiger partial charge on any atom is 0.306 e. The first-order chi connectivity index (χ1) is 40.2. The van der Waals surface area contributed by atoms with Gasteiger partial charge < -0.3 is 45.1 Å². The molecule has 0 radical (unpaired) electrons. The van der Waals surface area contributed by atoms with Gasteiger partial charge in [-0.2, -0.15) is 0 Å². The molecule has 11 nitrogen and oxygen atoms in total. The Morgan fingerprint density at radius 2 is 0.878 bits per heavy atom. The van der Waals surface area contributed by atoms with Gasteiger partial charge in [-0.15, -0.1) is 0 Å². The quantitative estimate of drug-likeness (QED) is 0.0195. The van der Waals surface area contributed by atoms with Crippen LogP contribution >= 0.6 is 0 Å².